The average molecular weight is 347 g/mol. The maximum absolute atomic E-state index is 12.7. The summed E-state index contributed by atoms with van der Waals surface area (Å²) in [7, 11) is 0. The Balaban J connectivity index is 2.05. The molecule has 0 amide bonds. The van der Waals surface area contributed by atoms with Gasteiger partial charge >= 0.3 is 0 Å². The van der Waals surface area contributed by atoms with Crippen LogP contribution in [0.5, 0.6) is 5.75 Å². The van der Waals surface area contributed by atoms with E-state index in [0.717, 1.165) is 0 Å². The van der Waals surface area contributed by atoms with E-state index in [1.807, 2.05) is 24.4 Å². The number of imidazole rings is 1. The van der Waals surface area contributed by atoms with Gasteiger partial charge in [0.2, 0.25) is 0 Å². The molecule has 0 bridgehead atoms. The highest BCUT2D eigenvalue weighted by atomic mass is 35.5. The molecule has 8 heteroatoms. The molecule has 0 spiro atoms. The minimum atomic E-state index is -0.435. The summed E-state index contributed by atoms with van der Waals surface area (Å²) in [4.78, 5) is 21.2. The molecule has 4 aromatic rings. The fourth-order valence-corrected chi connectivity index (χ4v) is 2.95. The second-order valence-corrected chi connectivity index (χ2v) is 5.71. The van der Waals surface area contributed by atoms with Crippen LogP contribution in [0.25, 0.3) is 22.4 Å². The van der Waals surface area contributed by atoms with E-state index in [9.17, 15) is 9.90 Å². The second kappa shape index (κ2) is 4.97. The molecular weight excluding hydrogens is 339 g/mol. The van der Waals surface area contributed by atoms with E-state index in [1.54, 1.807) is 10.6 Å². The van der Waals surface area contributed by atoms with E-state index in [1.165, 1.54) is 17.0 Å². The molecule has 23 heavy (non-hydrogen) atoms. The van der Waals surface area contributed by atoms with Gasteiger partial charge in [0.25, 0.3) is 5.56 Å². The van der Waals surface area contributed by atoms with Crippen LogP contribution in [0.15, 0.2) is 47.8 Å². The number of aromatic nitrogens is 4. The van der Waals surface area contributed by atoms with Crippen LogP contribution in [-0.4, -0.2) is 24.0 Å². The normalized spacial score (nSPS) is 11.4. The number of hydrogen-bond donors (Lipinski definition) is 1. The first-order chi connectivity index (χ1) is 11.1. The Bertz CT molecular complexity index is 1100. The molecule has 0 unspecified atom stereocenters. The van der Waals surface area contributed by atoms with Gasteiger partial charge in [-0.1, -0.05) is 29.3 Å². The Morgan fingerprint density at radius 3 is 2.78 bits per heavy atom. The number of fused-ring (bicyclic) bond motifs is 2. The lowest BCUT2D eigenvalue weighted by Gasteiger charge is -2.07. The summed E-state index contributed by atoms with van der Waals surface area (Å²) < 4.78 is 3.06. The number of hydrogen-bond acceptors (Lipinski definition) is 4. The summed E-state index contributed by atoms with van der Waals surface area (Å²) in [5.41, 5.74) is 0.322. The topological polar surface area (TPSA) is 72.4 Å². The number of phenolic OH excluding ortho intramolecular Hbond substituents is 1. The molecule has 6 nitrogen and oxygen atoms in total. The van der Waals surface area contributed by atoms with Gasteiger partial charge < -0.3 is 9.51 Å². The molecule has 0 radical (unpaired) electrons. The van der Waals surface area contributed by atoms with Crippen molar-refractivity contribution >= 4 is 39.8 Å². The number of aromatic hydroxyl groups is 1. The van der Waals surface area contributed by atoms with Crippen molar-refractivity contribution in [2.45, 2.75) is 0 Å². The van der Waals surface area contributed by atoms with Crippen LogP contribution in [0.1, 0.15) is 0 Å². The zero-order chi connectivity index (χ0) is 16.1. The minimum Gasteiger partial charge on any atom is -0.504 e. The van der Waals surface area contributed by atoms with Crippen LogP contribution >= 0.6 is 23.2 Å². The predicted molar refractivity (Wildman–Crippen MR) is 87.8 cm³/mol. The third-order valence-corrected chi connectivity index (χ3v) is 4.10. The van der Waals surface area contributed by atoms with Crippen molar-refractivity contribution in [1.82, 2.24) is 18.9 Å². The van der Waals surface area contributed by atoms with E-state index in [2.05, 4.69) is 9.97 Å². The molecule has 114 valence electrons. The standard InChI is InChI=1S/C15H8Cl2N4O2/c16-8-5-9(17)14(22)13-12(8)15(23)21(7-18-13)11-6-20-4-2-1-3-10(20)19-11/h1-7,22H. The molecule has 0 aliphatic heterocycles. The predicted octanol–water partition coefficient (Wildman–Crippen LogP) is 3.05. The van der Waals surface area contributed by atoms with Crippen LogP contribution in [0.2, 0.25) is 10.0 Å². The smallest absolute Gasteiger partial charge is 0.268 e. The Kier molecular flexibility index (Phi) is 3.04. The molecule has 0 aliphatic carbocycles. The largest absolute Gasteiger partial charge is 0.504 e. The molecule has 3 heterocycles. The van der Waals surface area contributed by atoms with Gasteiger partial charge in [0.1, 0.15) is 17.5 Å². The molecular formula is C15H8Cl2N4O2. The van der Waals surface area contributed by atoms with Crippen LogP contribution in [0.3, 0.4) is 0 Å². The van der Waals surface area contributed by atoms with E-state index >= 15 is 0 Å². The Hall–Kier alpha value is -2.57. The lowest BCUT2D eigenvalue weighted by molar-refractivity contribution is 0.480. The molecule has 0 saturated heterocycles. The van der Waals surface area contributed by atoms with Crippen molar-refractivity contribution < 1.29 is 5.11 Å². The first-order valence-corrected chi connectivity index (χ1v) is 7.34. The zero-order valence-electron chi connectivity index (χ0n) is 11.4. The summed E-state index contributed by atoms with van der Waals surface area (Å²) >= 11 is 12.0. The summed E-state index contributed by atoms with van der Waals surface area (Å²) in [6, 6.07) is 6.85. The third kappa shape index (κ3) is 2.07. The van der Waals surface area contributed by atoms with Crippen LogP contribution in [0.4, 0.5) is 0 Å². The van der Waals surface area contributed by atoms with Crippen molar-refractivity contribution in [2.24, 2.45) is 0 Å². The Labute approximate surface area is 139 Å². The van der Waals surface area contributed by atoms with Crippen LogP contribution in [-0.2, 0) is 0 Å². The van der Waals surface area contributed by atoms with Crippen molar-refractivity contribution in [1.29, 1.82) is 0 Å². The highest BCUT2D eigenvalue weighted by Crippen LogP contribution is 2.34. The van der Waals surface area contributed by atoms with E-state index < -0.39 is 5.56 Å². The molecule has 1 aromatic carbocycles. The fraction of sp³-hybridized carbons (Fsp3) is 0. The van der Waals surface area contributed by atoms with Gasteiger partial charge in [0.15, 0.2) is 11.6 Å². The lowest BCUT2D eigenvalue weighted by atomic mass is 10.2. The van der Waals surface area contributed by atoms with Crippen LogP contribution < -0.4 is 5.56 Å². The molecule has 0 aliphatic rings. The van der Waals surface area contributed by atoms with Crippen molar-refractivity contribution in [2.75, 3.05) is 0 Å². The number of pyridine rings is 1. The second-order valence-electron chi connectivity index (χ2n) is 4.90. The quantitative estimate of drug-likeness (QED) is 0.574. The number of nitrogens with zero attached hydrogens (tertiary/aromatic N) is 4. The fourth-order valence-electron chi connectivity index (χ4n) is 2.41. The summed E-state index contributed by atoms with van der Waals surface area (Å²) in [5.74, 6) is 0.131. The molecule has 0 saturated carbocycles. The number of rotatable bonds is 1. The van der Waals surface area contributed by atoms with Crippen molar-refractivity contribution in [3.05, 3.63) is 63.4 Å². The number of benzene rings is 1. The number of halogens is 2. The summed E-state index contributed by atoms with van der Waals surface area (Å²) in [6.45, 7) is 0. The highest BCUT2D eigenvalue weighted by molar-refractivity contribution is 6.39. The van der Waals surface area contributed by atoms with Crippen LogP contribution in [0, 0.1) is 0 Å². The zero-order valence-corrected chi connectivity index (χ0v) is 13.0. The monoisotopic (exact) mass is 346 g/mol. The first kappa shape index (κ1) is 14.0. The summed E-state index contributed by atoms with van der Waals surface area (Å²) in [5, 5.41) is 10.2. The minimum absolute atomic E-state index is 0.0416. The average Bonchev–Trinajstić information content (AvgIpc) is 2.96. The Morgan fingerprint density at radius 2 is 2.00 bits per heavy atom. The third-order valence-electron chi connectivity index (χ3n) is 3.51. The first-order valence-electron chi connectivity index (χ1n) is 6.58. The maximum Gasteiger partial charge on any atom is 0.268 e. The van der Waals surface area contributed by atoms with Crippen molar-refractivity contribution in [3.8, 4) is 11.6 Å². The SMILES string of the molecule is O=c1c2c(Cl)cc(Cl)c(O)c2ncn1-c1cn2ccccc2n1. The molecule has 3 aromatic heterocycles. The molecule has 1 N–H and O–H groups in total. The van der Waals surface area contributed by atoms with E-state index in [4.69, 9.17) is 23.2 Å². The maximum atomic E-state index is 12.7. The Morgan fingerprint density at radius 1 is 1.17 bits per heavy atom. The van der Waals surface area contributed by atoms with Gasteiger partial charge in [-0.05, 0) is 18.2 Å². The molecule has 0 atom stereocenters. The highest BCUT2D eigenvalue weighted by Gasteiger charge is 2.16. The van der Waals surface area contributed by atoms with Gasteiger partial charge in [0, 0.05) is 6.20 Å². The van der Waals surface area contributed by atoms with E-state index in [0.29, 0.717) is 11.5 Å². The van der Waals surface area contributed by atoms with Crippen molar-refractivity contribution in [3.63, 3.8) is 0 Å². The van der Waals surface area contributed by atoms with Gasteiger partial charge in [-0.3, -0.25) is 4.79 Å². The molecule has 0 fully saturated rings. The van der Waals surface area contributed by atoms with Gasteiger partial charge in [-0.15, -0.1) is 0 Å². The number of phenols is 1. The van der Waals surface area contributed by atoms with Gasteiger partial charge in [-0.25, -0.2) is 14.5 Å². The molecule has 4 rings (SSSR count). The lowest BCUT2D eigenvalue weighted by Crippen LogP contribution is -2.19. The summed E-state index contributed by atoms with van der Waals surface area (Å²) in [6.07, 6.45) is 4.82. The van der Waals surface area contributed by atoms with E-state index in [-0.39, 0.29) is 26.7 Å². The van der Waals surface area contributed by atoms with Gasteiger partial charge in [-0.2, -0.15) is 0 Å². The van der Waals surface area contributed by atoms with Gasteiger partial charge in [0.05, 0.1) is 21.6 Å².